The molecule has 2 aromatic heterocycles. The fraction of sp³-hybridized carbons (Fsp3) is 0.426. The normalized spacial score (nSPS) is 17.6. The highest BCUT2D eigenvalue weighted by Crippen LogP contribution is 2.46. The molecule has 0 radical (unpaired) electrons. The molecular formula is C54H60FN9O13S. The van der Waals surface area contributed by atoms with Crippen molar-refractivity contribution in [1.82, 2.24) is 46.4 Å². The summed E-state index contributed by atoms with van der Waals surface area (Å²) < 4.78 is 22.1. The standard InChI is InChI=1S/C54H60FN9O13S/c1-3-54(76)35-20-40-50-33(25-64(40)52(74)34(35)26-77-53(54)75)49-37(14-13-32-29(2)36(55)21-38(62-50)48(32)49)60-42(67)19-31(65)27-78-28-59-44(69)23-58-51(73)39(18-30-10-6-4-7-11-30)61-45(70)24-57-43(68)22-56-41(66)12-8-5-9-17-63-46(71)15-16-47(63)72/h4,6-7,10-11,15-16,20-21,37,39,44,59,69,76H,3,5,8-9,12-14,17-19,22-28H2,1-2H3,(H,56,66)(H,57,68)(H,58,73)(H,60,67)(H,61,70)/t37-,39-,44?,54-/m0/s1. The number of aliphatic hydroxyl groups is 2. The monoisotopic (exact) mass is 1090 g/mol. The highest BCUT2D eigenvalue weighted by molar-refractivity contribution is 7.99. The fourth-order valence-corrected chi connectivity index (χ4v) is 10.8. The Morgan fingerprint density at radius 1 is 0.910 bits per heavy atom. The minimum Gasteiger partial charge on any atom is -0.458 e. The second kappa shape index (κ2) is 24.8. The van der Waals surface area contributed by atoms with Gasteiger partial charge in [-0.05, 0) is 67.3 Å². The van der Waals surface area contributed by atoms with Gasteiger partial charge in [0, 0.05) is 60.0 Å². The Balaban J connectivity index is 0.783. The van der Waals surface area contributed by atoms with Crippen molar-refractivity contribution in [2.75, 3.05) is 37.8 Å². The molecule has 3 aliphatic heterocycles. The molecule has 0 saturated heterocycles. The van der Waals surface area contributed by atoms with Crippen LogP contribution in [0.2, 0.25) is 0 Å². The quantitative estimate of drug-likeness (QED) is 0.0131. The van der Waals surface area contributed by atoms with Crippen molar-refractivity contribution < 1.29 is 62.5 Å². The molecule has 1 aliphatic carbocycles. The number of aromatic nitrogens is 2. The summed E-state index contributed by atoms with van der Waals surface area (Å²) in [7, 11) is 0. The van der Waals surface area contributed by atoms with E-state index in [0.29, 0.717) is 76.6 Å². The molecule has 5 heterocycles. The van der Waals surface area contributed by atoms with E-state index in [1.165, 1.54) is 22.8 Å². The zero-order valence-corrected chi connectivity index (χ0v) is 43.8. The predicted molar refractivity (Wildman–Crippen MR) is 280 cm³/mol. The summed E-state index contributed by atoms with van der Waals surface area (Å²) in [6.45, 7) is 2.06. The molecule has 22 nitrogen and oxygen atoms in total. The summed E-state index contributed by atoms with van der Waals surface area (Å²) in [5.41, 5.74) is 1.84. The summed E-state index contributed by atoms with van der Waals surface area (Å²) in [6, 6.07) is 9.95. The van der Waals surface area contributed by atoms with Gasteiger partial charge in [-0.2, -0.15) is 0 Å². The lowest BCUT2D eigenvalue weighted by Gasteiger charge is -2.31. The average Bonchev–Trinajstić information content (AvgIpc) is 4.15. The molecule has 4 atom stereocenters. The number of hydrogen-bond donors (Lipinski definition) is 8. The van der Waals surface area contributed by atoms with E-state index in [4.69, 9.17) is 9.72 Å². The Kier molecular flexibility index (Phi) is 17.9. The van der Waals surface area contributed by atoms with Gasteiger partial charge < -0.3 is 46.1 Å². The molecule has 0 saturated carbocycles. The number of Topliss-reactive ketones (excluding diaryl/α,β-unsaturated/α-hetero) is 1. The number of esters is 1. The van der Waals surface area contributed by atoms with Crippen molar-refractivity contribution in [1.29, 1.82) is 0 Å². The van der Waals surface area contributed by atoms with E-state index < -0.39 is 96.1 Å². The smallest absolute Gasteiger partial charge is 0.343 e. The predicted octanol–water partition coefficient (Wildman–Crippen LogP) is 0.750. The lowest BCUT2D eigenvalue weighted by atomic mass is 9.81. The maximum atomic E-state index is 15.4. The Labute approximate surface area is 450 Å². The number of pyridine rings is 2. The molecule has 2 aromatic carbocycles. The van der Waals surface area contributed by atoms with Gasteiger partial charge in [0.15, 0.2) is 11.4 Å². The third-order valence-corrected chi connectivity index (χ3v) is 15.1. The summed E-state index contributed by atoms with van der Waals surface area (Å²) in [5.74, 6) is -5.48. The molecule has 7 amide bonds. The van der Waals surface area contributed by atoms with E-state index in [2.05, 4.69) is 31.9 Å². The van der Waals surface area contributed by atoms with Gasteiger partial charge in [0.25, 0.3) is 17.4 Å². The maximum Gasteiger partial charge on any atom is 0.343 e. The van der Waals surface area contributed by atoms with Crippen LogP contribution in [0.4, 0.5) is 4.39 Å². The number of nitrogens with one attached hydrogen (secondary N) is 6. The van der Waals surface area contributed by atoms with Crippen LogP contribution in [0.15, 0.2) is 59.4 Å². The molecule has 4 aromatic rings. The Morgan fingerprint density at radius 3 is 2.38 bits per heavy atom. The van der Waals surface area contributed by atoms with Gasteiger partial charge in [-0.15, -0.1) is 11.8 Å². The van der Waals surface area contributed by atoms with Crippen LogP contribution in [0.5, 0.6) is 0 Å². The minimum absolute atomic E-state index is 0.0471. The van der Waals surface area contributed by atoms with Crippen LogP contribution in [-0.4, -0.2) is 128 Å². The Hall–Kier alpha value is -7.67. The Bertz CT molecular complexity index is 3170. The molecule has 24 heteroatoms. The van der Waals surface area contributed by atoms with Gasteiger partial charge in [-0.3, -0.25) is 53.4 Å². The number of aliphatic hydroxyl groups excluding tert-OH is 1. The van der Waals surface area contributed by atoms with Gasteiger partial charge in [-0.1, -0.05) is 43.7 Å². The van der Waals surface area contributed by atoms with E-state index in [0.717, 1.165) is 22.2 Å². The number of benzene rings is 2. The van der Waals surface area contributed by atoms with Gasteiger partial charge >= 0.3 is 5.97 Å². The van der Waals surface area contributed by atoms with E-state index in [-0.39, 0.29) is 80.1 Å². The van der Waals surface area contributed by atoms with Crippen molar-refractivity contribution in [2.24, 2.45) is 0 Å². The van der Waals surface area contributed by atoms with Crippen molar-refractivity contribution in [3.05, 3.63) is 110 Å². The van der Waals surface area contributed by atoms with E-state index in [9.17, 15) is 58.2 Å². The first kappa shape index (κ1) is 56.5. The number of aryl methyl sites for hydroxylation is 1. The third kappa shape index (κ3) is 12.7. The third-order valence-electron chi connectivity index (χ3n) is 14.2. The second-order valence-electron chi connectivity index (χ2n) is 19.5. The van der Waals surface area contributed by atoms with Crippen molar-refractivity contribution >= 4 is 75.8 Å². The largest absolute Gasteiger partial charge is 0.458 e. The van der Waals surface area contributed by atoms with Crippen LogP contribution >= 0.6 is 11.8 Å². The number of carbonyl (C=O) groups excluding carboxylic acids is 9. The number of nitrogens with zero attached hydrogens (tertiary/aromatic N) is 3. The molecule has 1 unspecified atom stereocenters. The van der Waals surface area contributed by atoms with Gasteiger partial charge in [0.05, 0.1) is 66.9 Å². The van der Waals surface area contributed by atoms with Crippen molar-refractivity contribution in [3.8, 4) is 11.4 Å². The number of fused-ring (bicyclic) bond motifs is 5. The first-order valence-electron chi connectivity index (χ1n) is 25.7. The number of thioether (sulfide) groups is 1. The zero-order valence-electron chi connectivity index (χ0n) is 43.0. The number of ether oxygens (including phenoxy) is 1. The number of cyclic esters (lactones) is 1. The number of halogens is 1. The summed E-state index contributed by atoms with van der Waals surface area (Å²) >= 11 is 1.09. The highest BCUT2D eigenvalue weighted by Gasteiger charge is 2.46. The maximum absolute atomic E-state index is 15.4. The molecule has 8 rings (SSSR count). The van der Waals surface area contributed by atoms with Crippen LogP contribution in [-0.2, 0) is 79.5 Å². The molecule has 0 fully saturated rings. The number of amides is 7. The first-order chi connectivity index (χ1) is 37.4. The average molecular weight is 1090 g/mol. The van der Waals surface area contributed by atoms with Gasteiger partial charge in [0.1, 0.15) is 24.7 Å². The molecule has 78 heavy (non-hydrogen) atoms. The van der Waals surface area contributed by atoms with Gasteiger partial charge in [-0.25, -0.2) is 14.2 Å². The van der Waals surface area contributed by atoms with E-state index >= 15 is 4.39 Å². The topological polar surface area (TPSA) is 314 Å². The second-order valence-corrected chi connectivity index (χ2v) is 20.5. The molecule has 0 spiro atoms. The highest BCUT2D eigenvalue weighted by atomic mass is 32.2. The Morgan fingerprint density at radius 2 is 1.64 bits per heavy atom. The van der Waals surface area contributed by atoms with Gasteiger partial charge in [0.2, 0.25) is 29.5 Å². The molecule has 4 aliphatic rings. The number of rotatable bonds is 25. The van der Waals surface area contributed by atoms with Crippen LogP contribution in [0.1, 0.15) is 96.9 Å². The first-order valence-corrected chi connectivity index (χ1v) is 26.8. The number of carbonyl (C=O) groups is 9. The molecule has 0 bridgehead atoms. The molecular weight excluding hydrogens is 1030 g/mol. The zero-order chi connectivity index (χ0) is 55.8. The van der Waals surface area contributed by atoms with Crippen molar-refractivity contribution in [2.45, 2.75) is 109 Å². The lowest BCUT2D eigenvalue weighted by Crippen LogP contribution is -2.53. The summed E-state index contributed by atoms with van der Waals surface area (Å²) in [6.07, 6.45) is 3.11. The van der Waals surface area contributed by atoms with E-state index in [1.54, 1.807) is 50.2 Å². The lowest BCUT2D eigenvalue weighted by molar-refractivity contribution is -0.172. The molecule has 8 N–H and O–H groups in total. The SMILES string of the molecule is CC[C@@]1(O)C(=O)OCc2c1cc1n(c2=O)Cc2c-1nc1cc(F)c(C)c3c1c2[C@@H](NC(=O)CC(=O)CSCNC(O)CNC(=O)[C@H](Cc1ccccc1)NC(=O)CNC(=O)CNC(=O)CCCCCN1C(=O)C=CC1=O)CC3. The van der Waals surface area contributed by atoms with Crippen LogP contribution < -0.4 is 37.5 Å². The van der Waals surface area contributed by atoms with Crippen LogP contribution in [0.3, 0.4) is 0 Å². The van der Waals surface area contributed by atoms with Crippen molar-refractivity contribution in [3.63, 3.8) is 0 Å². The number of unbranched alkanes of at least 4 members (excludes halogenated alkanes) is 2. The fourth-order valence-electron chi connectivity index (χ4n) is 10.1. The minimum atomic E-state index is -2.05. The number of hydrogen-bond acceptors (Lipinski definition) is 16. The summed E-state index contributed by atoms with van der Waals surface area (Å²) in [4.78, 5) is 134. The summed E-state index contributed by atoms with van der Waals surface area (Å²) in [5, 5.41) is 38.5. The molecule has 412 valence electrons. The van der Waals surface area contributed by atoms with E-state index in [1.807, 2.05) is 0 Å². The van der Waals surface area contributed by atoms with Crippen LogP contribution in [0.25, 0.3) is 22.3 Å². The number of imide groups is 1. The van der Waals surface area contributed by atoms with Crippen LogP contribution in [0, 0.1) is 12.7 Å². The number of ketones is 1.